The van der Waals surface area contributed by atoms with E-state index in [-0.39, 0.29) is 4.90 Å². The lowest BCUT2D eigenvalue weighted by molar-refractivity contribution is 0.0730. The molecule has 0 bridgehead atoms. The summed E-state index contributed by atoms with van der Waals surface area (Å²) in [5.74, 6) is -0.411. The van der Waals surface area contributed by atoms with Crippen LogP contribution in [0.3, 0.4) is 0 Å². The number of hydrogen-bond donors (Lipinski definition) is 1. The van der Waals surface area contributed by atoms with Gasteiger partial charge in [0.1, 0.15) is 0 Å². The van der Waals surface area contributed by atoms with E-state index in [1.165, 1.54) is 22.5 Å². The Kier molecular flexibility index (Phi) is 6.74. The summed E-state index contributed by atoms with van der Waals surface area (Å²) < 4.78 is 32.9. The molecule has 0 radical (unpaired) electrons. The molecule has 166 valence electrons. The number of hydrogen-bond acceptors (Lipinski definition) is 5. The fourth-order valence-corrected chi connectivity index (χ4v) is 5.79. The minimum absolute atomic E-state index is 0.136. The SMILES string of the molecule is O=C(Nc1cc(S(=O)(=O)N2CCOCC2)ccc1N1CCCC1)c1cc(Cl)cc(Cl)c1. The summed E-state index contributed by atoms with van der Waals surface area (Å²) in [7, 11) is -3.70. The maximum atomic E-state index is 13.1. The number of ether oxygens (including phenoxy) is 1. The normalized spacial score (nSPS) is 17.7. The van der Waals surface area contributed by atoms with Gasteiger partial charge in [-0.05, 0) is 49.2 Å². The van der Waals surface area contributed by atoms with Crippen molar-refractivity contribution >= 4 is 50.5 Å². The Bertz CT molecular complexity index is 1060. The highest BCUT2D eigenvalue weighted by molar-refractivity contribution is 7.89. The highest BCUT2D eigenvalue weighted by Crippen LogP contribution is 2.33. The van der Waals surface area contributed by atoms with E-state index in [1.54, 1.807) is 18.2 Å². The van der Waals surface area contributed by atoms with E-state index in [2.05, 4.69) is 10.2 Å². The van der Waals surface area contributed by atoms with E-state index in [1.807, 2.05) is 0 Å². The Morgan fingerprint density at radius 3 is 2.23 bits per heavy atom. The molecule has 2 aliphatic rings. The summed E-state index contributed by atoms with van der Waals surface area (Å²) >= 11 is 12.1. The average molecular weight is 484 g/mol. The van der Waals surface area contributed by atoms with Gasteiger partial charge in [0.25, 0.3) is 5.91 Å². The second kappa shape index (κ2) is 9.34. The van der Waals surface area contributed by atoms with E-state index >= 15 is 0 Å². The van der Waals surface area contributed by atoms with Gasteiger partial charge in [-0.3, -0.25) is 4.79 Å². The van der Waals surface area contributed by atoms with Crippen molar-refractivity contribution in [2.45, 2.75) is 17.7 Å². The third-order valence-electron chi connectivity index (χ3n) is 5.40. The molecule has 0 aliphatic carbocycles. The number of morpholine rings is 1. The molecular formula is C21H23Cl2N3O4S. The van der Waals surface area contributed by atoms with Crippen molar-refractivity contribution in [2.75, 3.05) is 49.6 Å². The molecule has 2 aromatic rings. The van der Waals surface area contributed by atoms with Gasteiger partial charge < -0.3 is 15.0 Å². The summed E-state index contributed by atoms with van der Waals surface area (Å²) in [6.45, 7) is 3.04. The molecule has 0 saturated carbocycles. The summed E-state index contributed by atoms with van der Waals surface area (Å²) in [5, 5.41) is 3.56. The lowest BCUT2D eigenvalue weighted by Gasteiger charge is -2.27. The maximum Gasteiger partial charge on any atom is 0.255 e. The van der Waals surface area contributed by atoms with Gasteiger partial charge in [0.05, 0.1) is 29.5 Å². The molecule has 0 unspecified atom stereocenters. The Labute approximate surface area is 191 Å². The molecule has 7 nitrogen and oxygen atoms in total. The van der Waals surface area contributed by atoms with Crippen LogP contribution in [0.2, 0.25) is 10.0 Å². The molecule has 0 spiro atoms. The Hall–Kier alpha value is -1.84. The van der Waals surface area contributed by atoms with Crippen LogP contribution >= 0.6 is 23.2 Å². The minimum atomic E-state index is -3.70. The third-order valence-corrected chi connectivity index (χ3v) is 7.73. The first-order valence-corrected chi connectivity index (χ1v) is 12.3. The molecule has 2 aliphatic heterocycles. The number of carbonyl (C=O) groups is 1. The second-order valence-electron chi connectivity index (χ2n) is 7.50. The van der Waals surface area contributed by atoms with Crippen LogP contribution < -0.4 is 10.2 Å². The minimum Gasteiger partial charge on any atom is -0.379 e. The first-order chi connectivity index (χ1) is 14.8. The van der Waals surface area contributed by atoms with Crippen molar-refractivity contribution in [1.29, 1.82) is 0 Å². The van der Waals surface area contributed by atoms with Crippen LogP contribution in [0.5, 0.6) is 0 Å². The van der Waals surface area contributed by atoms with Crippen LogP contribution in [0, 0.1) is 0 Å². The van der Waals surface area contributed by atoms with Gasteiger partial charge in [-0.25, -0.2) is 8.42 Å². The lowest BCUT2D eigenvalue weighted by atomic mass is 10.2. The number of nitrogens with zero attached hydrogens (tertiary/aromatic N) is 2. The highest BCUT2D eigenvalue weighted by Gasteiger charge is 2.28. The van der Waals surface area contributed by atoms with Crippen LogP contribution in [0.4, 0.5) is 11.4 Å². The van der Waals surface area contributed by atoms with Crippen molar-refractivity contribution in [2.24, 2.45) is 0 Å². The molecule has 2 fully saturated rings. The molecule has 10 heteroatoms. The number of benzene rings is 2. The average Bonchev–Trinajstić information content (AvgIpc) is 3.28. The van der Waals surface area contributed by atoms with Gasteiger partial charge in [0.15, 0.2) is 0 Å². The van der Waals surface area contributed by atoms with Gasteiger partial charge in [-0.1, -0.05) is 23.2 Å². The Morgan fingerprint density at radius 2 is 1.58 bits per heavy atom. The summed E-state index contributed by atoms with van der Waals surface area (Å²) in [6, 6.07) is 9.48. The second-order valence-corrected chi connectivity index (χ2v) is 10.3. The molecule has 4 rings (SSSR count). The lowest BCUT2D eigenvalue weighted by Crippen LogP contribution is -2.40. The van der Waals surface area contributed by atoms with Crippen molar-refractivity contribution in [1.82, 2.24) is 4.31 Å². The van der Waals surface area contributed by atoms with E-state index in [9.17, 15) is 13.2 Å². The molecule has 2 saturated heterocycles. The summed E-state index contributed by atoms with van der Waals surface area (Å²) in [4.78, 5) is 15.2. The first kappa shape index (κ1) is 22.4. The number of halogens is 2. The molecule has 0 aromatic heterocycles. The number of sulfonamides is 1. The molecule has 2 heterocycles. The predicted molar refractivity (Wildman–Crippen MR) is 122 cm³/mol. The smallest absolute Gasteiger partial charge is 0.255 e. The zero-order chi connectivity index (χ0) is 22.0. The van der Waals surface area contributed by atoms with Crippen molar-refractivity contribution in [3.8, 4) is 0 Å². The third kappa shape index (κ3) is 4.99. The van der Waals surface area contributed by atoms with Crippen LogP contribution in [-0.4, -0.2) is 58.0 Å². The summed E-state index contributed by atoms with van der Waals surface area (Å²) in [6.07, 6.45) is 2.09. The largest absolute Gasteiger partial charge is 0.379 e. The van der Waals surface area contributed by atoms with Gasteiger partial charge in [-0.2, -0.15) is 4.31 Å². The predicted octanol–water partition coefficient (Wildman–Crippen LogP) is 3.87. The van der Waals surface area contributed by atoms with E-state index in [0.717, 1.165) is 31.6 Å². The molecule has 1 N–H and O–H groups in total. The van der Waals surface area contributed by atoms with E-state index < -0.39 is 15.9 Å². The molecular weight excluding hydrogens is 461 g/mol. The van der Waals surface area contributed by atoms with Crippen LogP contribution in [-0.2, 0) is 14.8 Å². The Balaban J connectivity index is 1.69. The number of amides is 1. The van der Waals surface area contributed by atoms with Crippen LogP contribution in [0.15, 0.2) is 41.3 Å². The zero-order valence-electron chi connectivity index (χ0n) is 16.8. The van der Waals surface area contributed by atoms with E-state index in [4.69, 9.17) is 27.9 Å². The number of carbonyl (C=O) groups excluding carboxylic acids is 1. The fraction of sp³-hybridized carbons (Fsp3) is 0.381. The quantitative estimate of drug-likeness (QED) is 0.698. The number of rotatable bonds is 5. The highest BCUT2D eigenvalue weighted by atomic mass is 35.5. The molecule has 31 heavy (non-hydrogen) atoms. The van der Waals surface area contributed by atoms with Crippen LogP contribution in [0.25, 0.3) is 0 Å². The zero-order valence-corrected chi connectivity index (χ0v) is 19.1. The van der Waals surface area contributed by atoms with Crippen molar-refractivity contribution < 1.29 is 17.9 Å². The fourth-order valence-electron chi connectivity index (χ4n) is 3.82. The Morgan fingerprint density at radius 1 is 0.935 bits per heavy atom. The van der Waals surface area contributed by atoms with Crippen molar-refractivity contribution in [3.05, 3.63) is 52.0 Å². The van der Waals surface area contributed by atoms with E-state index in [0.29, 0.717) is 47.6 Å². The molecule has 1 amide bonds. The monoisotopic (exact) mass is 483 g/mol. The maximum absolute atomic E-state index is 13.1. The number of anilines is 2. The van der Waals surface area contributed by atoms with Gasteiger partial charge in [-0.15, -0.1) is 0 Å². The summed E-state index contributed by atoms with van der Waals surface area (Å²) in [5.41, 5.74) is 1.53. The van der Waals surface area contributed by atoms with Gasteiger partial charge >= 0.3 is 0 Å². The number of nitrogens with one attached hydrogen (secondary N) is 1. The van der Waals surface area contributed by atoms with Crippen LogP contribution in [0.1, 0.15) is 23.2 Å². The van der Waals surface area contributed by atoms with Gasteiger partial charge in [0, 0.05) is 41.8 Å². The topological polar surface area (TPSA) is 79.0 Å². The molecule has 2 aromatic carbocycles. The standard InChI is InChI=1S/C21H23Cl2N3O4S/c22-16-11-15(12-17(23)13-16)21(27)24-19-14-18(3-4-20(19)25-5-1-2-6-25)31(28,29)26-7-9-30-10-8-26/h3-4,11-14H,1-2,5-10H2,(H,24,27). The van der Waals surface area contributed by atoms with Crippen molar-refractivity contribution in [3.63, 3.8) is 0 Å². The first-order valence-electron chi connectivity index (χ1n) is 10.1. The molecule has 0 atom stereocenters. The van der Waals surface area contributed by atoms with Gasteiger partial charge in [0.2, 0.25) is 10.0 Å².